The van der Waals surface area contributed by atoms with Crippen LogP contribution in [0.1, 0.15) is 18.5 Å². The summed E-state index contributed by atoms with van der Waals surface area (Å²) in [5.41, 5.74) is 2.81. The predicted octanol–water partition coefficient (Wildman–Crippen LogP) is 4.91. The summed E-state index contributed by atoms with van der Waals surface area (Å²) >= 11 is 1.34. The molecule has 1 atom stereocenters. The lowest BCUT2D eigenvalue weighted by Gasteiger charge is -2.15. The van der Waals surface area contributed by atoms with E-state index in [0.717, 1.165) is 16.8 Å². The molecule has 0 radical (unpaired) electrons. The molecule has 1 unspecified atom stereocenters. The highest BCUT2D eigenvalue weighted by Gasteiger charge is 2.20. The number of nitrogens with zero attached hydrogens (tertiary/aromatic N) is 3. The lowest BCUT2D eigenvalue weighted by Crippen LogP contribution is -2.28. The number of rotatable bonds is 8. The maximum absolute atomic E-state index is 12.6. The molecule has 0 aliphatic rings. The number of amides is 1. The van der Waals surface area contributed by atoms with E-state index in [1.54, 1.807) is 7.11 Å². The zero-order chi connectivity index (χ0) is 22.3. The summed E-state index contributed by atoms with van der Waals surface area (Å²) in [4.78, 5) is 12.6. The Bertz CT molecular complexity index is 1180. The molecular formula is C25H24N4O2S. The summed E-state index contributed by atoms with van der Waals surface area (Å²) in [5.74, 6) is 1.55. The van der Waals surface area contributed by atoms with Crippen molar-refractivity contribution in [2.75, 3.05) is 12.9 Å². The van der Waals surface area contributed by atoms with E-state index in [4.69, 9.17) is 4.74 Å². The van der Waals surface area contributed by atoms with Gasteiger partial charge in [-0.15, -0.1) is 10.2 Å². The number of para-hydroxylation sites is 2. The highest BCUT2D eigenvalue weighted by molar-refractivity contribution is 7.99. The Kier molecular flexibility index (Phi) is 6.87. The fourth-order valence-corrected chi connectivity index (χ4v) is 4.16. The molecule has 0 fully saturated rings. The second-order valence-electron chi connectivity index (χ2n) is 7.17. The molecule has 6 nitrogen and oxygen atoms in total. The van der Waals surface area contributed by atoms with Crippen molar-refractivity contribution in [1.29, 1.82) is 0 Å². The van der Waals surface area contributed by atoms with Gasteiger partial charge in [0.25, 0.3) is 0 Å². The summed E-state index contributed by atoms with van der Waals surface area (Å²) in [6, 6.07) is 27.4. The zero-order valence-electron chi connectivity index (χ0n) is 17.9. The predicted molar refractivity (Wildman–Crippen MR) is 127 cm³/mol. The molecule has 1 N–H and O–H groups in total. The van der Waals surface area contributed by atoms with Gasteiger partial charge in [0.15, 0.2) is 11.0 Å². The fourth-order valence-electron chi connectivity index (χ4n) is 3.41. The van der Waals surface area contributed by atoms with Gasteiger partial charge in [0.2, 0.25) is 5.91 Å². The van der Waals surface area contributed by atoms with Gasteiger partial charge in [-0.1, -0.05) is 84.6 Å². The van der Waals surface area contributed by atoms with Crippen molar-refractivity contribution in [3.8, 4) is 22.8 Å². The zero-order valence-corrected chi connectivity index (χ0v) is 18.8. The quantitative estimate of drug-likeness (QED) is 0.391. The largest absolute Gasteiger partial charge is 0.495 e. The van der Waals surface area contributed by atoms with Crippen molar-refractivity contribution in [3.63, 3.8) is 0 Å². The molecule has 32 heavy (non-hydrogen) atoms. The van der Waals surface area contributed by atoms with Gasteiger partial charge >= 0.3 is 0 Å². The number of thioether (sulfide) groups is 1. The molecule has 1 amide bonds. The standard InChI is InChI=1S/C25H24N4O2S/c1-18(19-11-5-3-6-12-19)26-23(30)17-32-25-28-27-24(20-13-7-4-8-14-20)29(25)21-15-9-10-16-22(21)31-2/h3-16,18H,17H2,1-2H3,(H,26,30). The number of nitrogens with one attached hydrogen (secondary N) is 1. The average molecular weight is 445 g/mol. The normalized spacial score (nSPS) is 11.7. The SMILES string of the molecule is COc1ccccc1-n1c(SCC(=O)NC(C)c2ccccc2)nnc1-c1ccccc1. The van der Waals surface area contributed by atoms with Crippen molar-refractivity contribution in [3.05, 3.63) is 90.5 Å². The molecule has 0 saturated carbocycles. The molecule has 1 heterocycles. The molecule has 7 heteroatoms. The number of carbonyl (C=O) groups is 1. The first-order chi connectivity index (χ1) is 15.7. The Hall–Kier alpha value is -3.58. The third kappa shape index (κ3) is 4.84. The number of carbonyl (C=O) groups excluding carboxylic acids is 1. The second-order valence-corrected chi connectivity index (χ2v) is 8.11. The topological polar surface area (TPSA) is 69.0 Å². The van der Waals surface area contributed by atoms with Gasteiger partial charge in [0, 0.05) is 5.56 Å². The van der Waals surface area contributed by atoms with Crippen LogP contribution in [0.25, 0.3) is 17.1 Å². The minimum atomic E-state index is -0.0729. The van der Waals surface area contributed by atoms with E-state index in [-0.39, 0.29) is 17.7 Å². The van der Waals surface area contributed by atoms with E-state index in [2.05, 4.69) is 15.5 Å². The Morgan fingerprint density at radius 3 is 2.34 bits per heavy atom. The van der Waals surface area contributed by atoms with Gasteiger partial charge in [-0.3, -0.25) is 9.36 Å². The van der Waals surface area contributed by atoms with Crippen LogP contribution in [0.3, 0.4) is 0 Å². The molecule has 162 valence electrons. The second kappa shape index (κ2) is 10.2. The van der Waals surface area contributed by atoms with Crippen LogP contribution >= 0.6 is 11.8 Å². The number of ether oxygens (including phenoxy) is 1. The van der Waals surface area contributed by atoms with Crippen molar-refractivity contribution in [1.82, 2.24) is 20.1 Å². The molecule has 0 saturated heterocycles. The Morgan fingerprint density at radius 1 is 0.969 bits per heavy atom. The Morgan fingerprint density at radius 2 is 1.62 bits per heavy atom. The molecule has 0 spiro atoms. The van der Waals surface area contributed by atoms with Crippen LogP contribution in [-0.4, -0.2) is 33.5 Å². The minimum Gasteiger partial charge on any atom is -0.495 e. The highest BCUT2D eigenvalue weighted by atomic mass is 32.2. The molecule has 1 aromatic heterocycles. The van der Waals surface area contributed by atoms with Crippen LogP contribution in [0.15, 0.2) is 90.1 Å². The molecule has 4 aromatic rings. The number of methoxy groups -OCH3 is 1. The Labute approximate surface area is 191 Å². The van der Waals surface area contributed by atoms with Crippen LogP contribution in [0.5, 0.6) is 5.75 Å². The molecule has 0 bridgehead atoms. The number of aromatic nitrogens is 3. The van der Waals surface area contributed by atoms with Crippen molar-refractivity contribution >= 4 is 17.7 Å². The van der Waals surface area contributed by atoms with Crippen molar-refractivity contribution in [2.45, 2.75) is 18.1 Å². The summed E-state index contributed by atoms with van der Waals surface area (Å²) in [6.07, 6.45) is 0. The summed E-state index contributed by atoms with van der Waals surface area (Å²) in [6.45, 7) is 1.97. The average Bonchev–Trinajstić information content (AvgIpc) is 3.27. The van der Waals surface area contributed by atoms with E-state index in [9.17, 15) is 4.79 Å². The fraction of sp³-hybridized carbons (Fsp3) is 0.160. The van der Waals surface area contributed by atoms with Gasteiger partial charge in [-0.05, 0) is 24.6 Å². The first-order valence-electron chi connectivity index (χ1n) is 10.3. The highest BCUT2D eigenvalue weighted by Crippen LogP contribution is 2.32. The summed E-state index contributed by atoms with van der Waals surface area (Å²) in [5, 5.41) is 12.5. The monoisotopic (exact) mass is 444 g/mol. The van der Waals surface area contributed by atoms with Gasteiger partial charge in [-0.25, -0.2) is 0 Å². The van der Waals surface area contributed by atoms with E-state index < -0.39 is 0 Å². The maximum Gasteiger partial charge on any atom is 0.230 e. The first-order valence-corrected chi connectivity index (χ1v) is 11.3. The molecule has 0 aliphatic heterocycles. The van der Waals surface area contributed by atoms with Gasteiger partial charge < -0.3 is 10.1 Å². The smallest absolute Gasteiger partial charge is 0.230 e. The van der Waals surface area contributed by atoms with Crippen LogP contribution < -0.4 is 10.1 Å². The number of hydrogen-bond acceptors (Lipinski definition) is 5. The van der Waals surface area contributed by atoms with Crippen LogP contribution in [0.2, 0.25) is 0 Å². The third-order valence-corrected chi connectivity index (χ3v) is 5.93. The molecule has 3 aromatic carbocycles. The minimum absolute atomic E-state index is 0.0674. The summed E-state index contributed by atoms with van der Waals surface area (Å²) in [7, 11) is 1.64. The van der Waals surface area contributed by atoms with Crippen molar-refractivity contribution in [2.24, 2.45) is 0 Å². The van der Waals surface area contributed by atoms with Gasteiger partial charge in [-0.2, -0.15) is 0 Å². The molecular weight excluding hydrogens is 420 g/mol. The van der Waals surface area contributed by atoms with Gasteiger partial charge in [0.1, 0.15) is 5.75 Å². The Balaban J connectivity index is 1.59. The number of benzene rings is 3. The van der Waals surface area contributed by atoms with Crippen LogP contribution in [-0.2, 0) is 4.79 Å². The van der Waals surface area contributed by atoms with Gasteiger partial charge in [0.05, 0.1) is 24.6 Å². The maximum atomic E-state index is 12.6. The van der Waals surface area contributed by atoms with E-state index in [0.29, 0.717) is 16.7 Å². The van der Waals surface area contributed by atoms with E-state index >= 15 is 0 Å². The lowest BCUT2D eigenvalue weighted by molar-refractivity contribution is -0.119. The first kappa shape index (κ1) is 21.6. The van der Waals surface area contributed by atoms with E-state index in [1.807, 2.05) is 96.4 Å². The van der Waals surface area contributed by atoms with Crippen molar-refractivity contribution < 1.29 is 9.53 Å². The lowest BCUT2D eigenvalue weighted by atomic mass is 10.1. The van der Waals surface area contributed by atoms with E-state index in [1.165, 1.54) is 11.8 Å². The third-order valence-electron chi connectivity index (χ3n) is 5.00. The summed E-state index contributed by atoms with van der Waals surface area (Å²) < 4.78 is 7.51. The van der Waals surface area contributed by atoms with Crippen LogP contribution in [0.4, 0.5) is 0 Å². The molecule has 4 rings (SSSR count). The van der Waals surface area contributed by atoms with Crippen LogP contribution in [0, 0.1) is 0 Å². The number of hydrogen-bond donors (Lipinski definition) is 1. The molecule has 0 aliphatic carbocycles.